The second-order valence-corrected chi connectivity index (χ2v) is 8.39. The number of nitrogens with zero attached hydrogens (tertiary/aromatic N) is 1. The van der Waals surface area contributed by atoms with Gasteiger partial charge in [-0.05, 0) is 50.9 Å². The summed E-state index contributed by atoms with van der Waals surface area (Å²) in [6, 6.07) is 7.16. The van der Waals surface area contributed by atoms with Crippen molar-refractivity contribution in [2.75, 3.05) is 19.6 Å². The second kappa shape index (κ2) is 10.1. The van der Waals surface area contributed by atoms with Crippen molar-refractivity contribution in [3.05, 3.63) is 29.8 Å². The quantitative estimate of drug-likeness (QED) is 0.589. The minimum Gasteiger partial charge on any atom is -0.353 e. The topological polar surface area (TPSA) is 99.7 Å². The van der Waals surface area contributed by atoms with Gasteiger partial charge in [0.05, 0.1) is 4.90 Å². The molecule has 150 valence electrons. The molecule has 0 aliphatic carbocycles. The van der Waals surface area contributed by atoms with Gasteiger partial charge in [0.15, 0.2) is 0 Å². The van der Waals surface area contributed by atoms with E-state index in [0.29, 0.717) is 30.4 Å². The first-order valence-electron chi connectivity index (χ1n) is 9.23. The first kappa shape index (κ1) is 21.7. The Morgan fingerprint density at radius 3 is 2.67 bits per heavy atom. The highest BCUT2D eigenvalue weighted by Crippen LogP contribution is 2.22. The molecule has 0 bridgehead atoms. The number of halogens is 1. The van der Waals surface area contributed by atoms with Crippen LogP contribution in [0.15, 0.2) is 34.2 Å². The van der Waals surface area contributed by atoms with Gasteiger partial charge in [0.2, 0.25) is 5.91 Å². The maximum atomic E-state index is 12.0. The van der Waals surface area contributed by atoms with Crippen LogP contribution in [-0.2, 0) is 14.8 Å². The third kappa shape index (κ3) is 5.92. The fraction of sp³-hybridized carbons (Fsp3) is 0.556. The monoisotopic (exact) mass is 414 g/mol. The molecule has 3 rings (SSSR count). The summed E-state index contributed by atoms with van der Waals surface area (Å²) >= 11 is 0. The number of unbranched alkanes of at least 4 members (excludes halogenated alkanes) is 2. The highest BCUT2D eigenvalue weighted by atomic mass is 35.5. The van der Waals surface area contributed by atoms with Crippen molar-refractivity contribution in [1.29, 1.82) is 0 Å². The molecule has 0 spiro atoms. The van der Waals surface area contributed by atoms with Crippen LogP contribution in [0, 0.1) is 0 Å². The van der Waals surface area contributed by atoms with Gasteiger partial charge < -0.3 is 10.6 Å². The average Bonchev–Trinajstić information content (AvgIpc) is 2.90. The van der Waals surface area contributed by atoms with Crippen molar-refractivity contribution >= 4 is 34.2 Å². The molecule has 2 heterocycles. The predicted octanol–water partition coefficient (Wildman–Crippen LogP) is 1.58. The molecule has 1 aromatic carbocycles. The van der Waals surface area contributed by atoms with Gasteiger partial charge >= 0.3 is 0 Å². The number of carbonyl (C=O) groups excluding carboxylic acids is 1. The van der Waals surface area contributed by atoms with Gasteiger partial charge in [-0.25, -0.2) is 8.42 Å². The number of amides is 1. The molecular formula is C18H27ClN4O3S. The number of amidine groups is 1. The average molecular weight is 415 g/mol. The Hall–Kier alpha value is -1.64. The lowest BCUT2D eigenvalue weighted by Crippen LogP contribution is -2.42. The maximum Gasteiger partial charge on any atom is 0.263 e. The van der Waals surface area contributed by atoms with E-state index in [9.17, 15) is 13.2 Å². The van der Waals surface area contributed by atoms with Crippen molar-refractivity contribution < 1.29 is 13.2 Å². The molecule has 1 fully saturated rings. The summed E-state index contributed by atoms with van der Waals surface area (Å²) in [6.07, 6.45) is 5.08. The van der Waals surface area contributed by atoms with Gasteiger partial charge in [-0.1, -0.05) is 18.6 Å². The van der Waals surface area contributed by atoms with E-state index in [1.54, 1.807) is 24.3 Å². The van der Waals surface area contributed by atoms with Crippen molar-refractivity contribution in [3.63, 3.8) is 0 Å². The van der Waals surface area contributed by atoms with Crippen LogP contribution in [0.5, 0.6) is 0 Å². The third-order valence-corrected chi connectivity index (χ3v) is 6.10. The molecule has 2 aliphatic heterocycles. The van der Waals surface area contributed by atoms with Gasteiger partial charge in [0, 0.05) is 24.6 Å². The molecule has 7 nitrogen and oxygen atoms in total. The maximum absolute atomic E-state index is 12.0. The minimum absolute atomic E-state index is 0. The van der Waals surface area contributed by atoms with Crippen molar-refractivity contribution in [3.8, 4) is 0 Å². The summed E-state index contributed by atoms with van der Waals surface area (Å²) in [7, 11) is -3.47. The lowest BCUT2D eigenvalue weighted by molar-refractivity contribution is -0.122. The Kier molecular flexibility index (Phi) is 8.07. The normalized spacial score (nSPS) is 19.8. The molecule has 0 atom stereocenters. The van der Waals surface area contributed by atoms with E-state index < -0.39 is 10.0 Å². The van der Waals surface area contributed by atoms with E-state index in [0.717, 1.165) is 45.2 Å². The summed E-state index contributed by atoms with van der Waals surface area (Å²) in [4.78, 5) is 16.6. The molecule has 0 aromatic heterocycles. The highest BCUT2D eigenvalue weighted by Gasteiger charge is 2.29. The van der Waals surface area contributed by atoms with Gasteiger partial charge in [-0.2, -0.15) is 0 Å². The SMILES string of the molecule is Cl.O=C(CCCCCN=C1NS(=O)(=O)c2ccccc21)NC1CCNCC1. The van der Waals surface area contributed by atoms with Crippen LogP contribution in [0.25, 0.3) is 0 Å². The van der Waals surface area contributed by atoms with Gasteiger partial charge in [0.25, 0.3) is 10.0 Å². The molecule has 0 radical (unpaired) electrons. The molecule has 27 heavy (non-hydrogen) atoms. The Morgan fingerprint density at radius 1 is 1.15 bits per heavy atom. The number of carbonyl (C=O) groups is 1. The van der Waals surface area contributed by atoms with Crippen molar-refractivity contribution in [2.45, 2.75) is 49.5 Å². The van der Waals surface area contributed by atoms with Crippen LogP contribution in [0.3, 0.4) is 0 Å². The molecule has 0 unspecified atom stereocenters. The molecular weight excluding hydrogens is 388 g/mol. The molecule has 3 N–H and O–H groups in total. The Balaban J connectivity index is 0.00000261. The fourth-order valence-electron chi connectivity index (χ4n) is 3.28. The summed E-state index contributed by atoms with van der Waals surface area (Å²) < 4.78 is 26.5. The molecule has 1 amide bonds. The number of hydrogen-bond acceptors (Lipinski definition) is 5. The lowest BCUT2D eigenvalue weighted by atomic mass is 10.1. The van der Waals surface area contributed by atoms with Gasteiger partial charge in [-0.3, -0.25) is 14.5 Å². The predicted molar refractivity (Wildman–Crippen MR) is 108 cm³/mol. The van der Waals surface area contributed by atoms with Crippen LogP contribution in [0.4, 0.5) is 0 Å². The Bertz CT molecular complexity index is 777. The van der Waals surface area contributed by atoms with E-state index in [1.807, 2.05) is 0 Å². The zero-order valence-electron chi connectivity index (χ0n) is 15.2. The van der Waals surface area contributed by atoms with E-state index in [-0.39, 0.29) is 23.2 Å². The number of aliphatic imine (C=N–C) groups is 1. The number of sulfonamides is 1. The van der Waals surface area contributed by atoms with Crippen molar-refractivity contribution in [1.82, 2.24) is 15.4 Å². The largest absolute Gasteiger partial charge is 0.353 e. The molecule has 1 aromatic rings. The Labute approximate surface area is 166 Å². The summed E-state index contributed by atoms with van der Waals surface area (Å²) in [5.41, 5.74) is 0.633. The number of benzene rings is 1. The van der Waals surface area contributed by atoms with Crippen molar-refractivity contribution in [2.24, 2.45) is 4.99 Å². The number of nitrogens with one attached hydrogen (secondary N) is 3. The number of hydrogen-bond donors (Lipinski definition) is 3. The van der Waals surface area contributed by atoms with E-state index >= 15 is 0 Å². The van der Waals surface area contributed by atoms with E-state index in [1.165, 1.54) is 0 Å². The first-order chi connectivity index (χ1) is 12.6. The van der Waals surface area contributed by atoms with Crippen LogP contribution in [0.1, 0.15) is 44.1 Å². The lowest BCUT2D eigenvalue weighted by Gasteiger charge is -2.23. The smallest absolute Gasteiger partial charge is 0.263 e. The Morgan fingerprint density at radius 2 is 1.89 bits per heavy atom. The van der Waals surface area contributed by atoms with Gasteiger partial charge in [0.1, 0.15) is 5.84 Å². The van der Waals surface area contributed by atoms with Crippen LogP contribution in [0.2, 0.25) is 0 Å². The molecule has 9 heteroatoms. The second-order valence-electron chi connectivity index (χ2n) is 6.73. The molecule has 0 saturated carbocycles. The standard InChI is InChI=1S/C18H26N4O3S.ClH/c23-17(21-14-9-12-19-13-10-14)8-2-1-5-11-20-18-15-6-3-4-7-16(15)26(24,25)22-18;/h3-4,6-7,14,19H,1-2,5,8-13H2,(H,20,22)(H,21,23);1H. The van der Waals surface area contributed by atoms with Crippen LogP contribution < -0.4 is 15.4 Å². The molecule has 1 saturated heterocycles. The number of rotatable bonds is 7. The first-order valence-corrected chi connectivity index (χ1v) is 10.7. The van der Waals surface area contributed by atoms with Crippen LogP contribution >= 0.6 is 12.4 Å². The fourth-order valence-corrected chi connectivity index (χ4v) is 4.53. The zero-order chi connectivity index (χ0) is 18.4. The minimum atomic E-state index is -3.47. The van der Waals surface area contributed by atoms with E-state index in [4.69, 9.17) is 0 Å². The number of fused-ring (bicyclic) bond motifs is 1. The van der Waals surface area contributed by atoms with E-state index in [2.05, 4.69) is 20.3 Å². The zero-order valence-corrected chi connectivity index (χ0v) is 16.9. The summed E-state index contributed by atoms with van der Waals surface area (Å²) in [5, 5.41) is 6.37. The summed E-state index contributed by atoms with van der Waals surface area (Å²) in [6.45, 7) is 2.48. The number of piperidine rings is 1. The van der Waals surface area contributed by atoms with Crippen LogP contribution in [-0.4, -0.2) is 45.8 Å². The molecule has 2 aliphatic rings. The summed E-state index contributed by atoms with van der Waals surface area (Å²) in [5.74, 6) is 0.546. The van der Waals surface area contributed by atoms with Gasteiger partial charge in [-0.15, -0.1) is 12.4 Å². The third-order valence-electron chi connectivity index (χ3n) is 4.70. The highest BCUT2D eigenvalue weighted by molar-refractivity contribution is 7.90.